The van der Waals surface area contributed by atoms with Crippen LogP contribution in [-0.4, -0.2) is 54.0 Å². The van der Waals surface area contributed by atoms with E-state index < -0.39 is 30.1 Å². The van der Waals surface area contributed by atoms with Crippen molar-refractivity contribution in [2.75, 3.05) is 20.3 Å². The van der Waals surface area contributed by atoms with Crippen molar-refractivity contribution >= 4 is 35.0 Å². The van der Waals surface area contributed by atoms with Crippen LogP contribution in [0, 0.1) is 0 Å². The number of carboxylic acids is 1. The summed E-state index contributed by atoms with van der Waals surface area (Å²) < 4.78 is 20.8. The fraction of sp³-hybridized carbons (Fsp3) is 0.273. The summed E-state index contributed by atoms with van der Waals surface area (Å²) in [6.45, 7) is -0.904. The average molecular weight is 475 g/mol. The fourth-order valence-corrected chi connectivity index (χ4v) is 3.81. The molecule has 1 heterocycles. The monoisotopic (exact) mass is 475 g/mol. The normalized spacial score (nSPS) is 16.0. The van der Waals surface area contributed by atoms with Crippen LogP contribution in [0.25, 0.3) is 0 Å². The van der Waals surface area contributed by atoms with Crippen LogP contribution in [0.2, 0.25) is 0 Å². The molecule has 0 saturated carbocycles. The Hall–Kier alpha value is -3.73. The Morgan fingerprint density at radius 3 is 2.52 bits per heavy atom. The SMILES string of the molecule is COc1cccc([C@H](COc2ccc(CC3SC(=O)NC3=O)cc2)OC(=O)OCC(=O)O)c1. The highest BCUT2D eigenvalue weighted by molar-refractivity contribution is 8.15. The molecule has 1 aliphatic rings. The molecule has 0 bridgehead atoms. The van der Waals surface area contributed by atoms with E-state index in [1.54, 1.807) is 48.5 Å². The summed E-state index contributed by atoms with van der Waals surface area (Å²) in [5.41, 5.74) is 1.41. The molecule has 1 fully saturated rings. The van der Waals surface area contributed by atoms with Crippen molar-refractivity contribution in [1.82, 2.24) is 5.32 Å². The van der Waals surface area contributed by atoms with Crippen LogP contribution in [0.3, 0.4) is 0 Å². The van der Waals surface area contributed by atoms with Gasteiger partial charge in [0.25, 0.3) is 5.24 Å². The van der Waals surface area contributed by atoms with Crippen LogP contribution >= 0.6 is 11.8 Å². The molecule has 0 aliphatic carbocycles. The molecule has 11 heteroatoms. The second-order valence-electron chi connectivity index (χ2n) is 6.86. The van der Waals surface area contributed by atoms with Gasteiger partial charge in [-0.1, -0.05) is 36.0 Å². The molecule has 174 valence electrons. The molecular weight excluding hydrogens is 454 g/mol. The summed E-state index contributed by atoms with van der Waals surface area (Å²) >= 11 is 0.961. The van der Waals surface area contributed by atoms with E-state index in [1.807, 2.05) is 0 Å². The van der Waals surface area contributed by atoms with Gasteiger partial charge in [0.05, 0.1) is 12.4 Å². The first kappa shape index (κ1) is 23.9. The molecule has 33 heavy (non-hydrogen) atoms. The standard InChI is InChI=1S/C22H21NO9S/c1-29-16-4-2-3-14(10-16)17(32-22(28)31-12-19(24)25)11-30-15-7-5-13(6-8-15)9-18-20(26)23-21(27)33-18/h2-8,10,17-18H,9,11-12H2,1H3,(H,24,25)(H,23,26,27)/t17-,18?/m0/s1. The number of carboxylic acid groups (broad SMARTS) is 1. The largest absolute Gasteiger partial charge is 0.509 e. The summed E-state index contributed by atoms with van der Waals surface area (Å²) in [5, 5.41) is 10.1. The van der Waals surface area contributed by atoms with Gasteiger partial charge in [0, 0.05) is 0 Å². The van der Waals surface area contributed by atoms with Crippen molar-refractivity contribution < 1.29 is 43.2 Å². The Morgan fingerprint density at radius 2 is 1.88 bits per heavy atom. The lowest BCUT2D eigenvalue weighted by molar-refractivity contribution is -0.141. The molecule has 0 aromatic heterocycles. The van der Waals surface area contributed by atoms with Gasteiger partial charge in [-0.25, -0.2) is 9.59 Å². The van der Waals surface area contributed by atoms with E-state index in [9.17, 15) is 19.2 Å². The number of rotatable bonds is 10. The Morgan fingerprint density at radius 1 is 1.12 bits per heavy atom. The van der Waals surface area contributed by atoms with Gasteiger partial charge in [-0.15, -0.1) is 0 Å². The van der Waals surface area contributed by atoms with E-state index in [4.69, 9.17) is 19.3 Å². The number of methoxy groups -OCH3 is 1. The van der Waals surface area contributed by atoms with Gasteiger partial charge in [-0.3, -0.25) is 14.9 Å². The molecule has 2 amide bonds. The van der Waals surface area contributed by atoms with E-state index in [-0.39, 0.29) is 17.8 Å². The molecule has 2 N–H and O–H groups in total. The number of hydrogen-bond donors (Lipinski definition) is 2. The number of aliphatic carboxylic acids is 1. The molecule has 2 aromatic carbocycles. The number of ether oxygens (including phenoxy) is 4. The number of thioether (sulfide) groups is 1. The maximum atomic E-state index is 11.9. The highest BCUT2D eigenvalue weighted by atomic mass is 32.2. The molecule has 10 nitrogen and oxygen atoms in total. The highest BCUT2D eigenvalue weighted by Crippen LogP contribution is 2.26. The molecule has 1 aliphatic heterocycles. The van der Waals surface area contributed by atoms with E-state index in [2.05, 4.69) is 10.1 Å². The van der Waals surface area contributed by atoms with Gasteiger partial charge < -0.3 is 24.1 Å². The maximum absolute atomic E-state index is 11.9. The van der Waals surface area contributed by atoms with Crippen LogP contribution in [0.1, 0.15) is 17.2 Å². The number of nitrogens with one attached hydrogen (secondary N) is 1. The maximum Gasteiger partial charge on any atom is 0.509 e. The van der Waals surface area contributed by atoms with Gasteiger partial charge in [-0.05, 0) is 41.8 Å². The van der Waals surface area contributed by atoms with Crippen molar-refractivity contribution in [2.24, 2.45) is 0 Å². The quantitative estimate of drug-likeness (QED) is 0.493. The summed E-state index contributed by atoms with van der Waals surface area (Å²) in [6, 6.07) is 13.7. The van der Waals surface area contributed by atoms with Crippen molar-refractivity contribution in [3.8, 4) is 11.5 Å². The molecule has 2 atom stereocenters. The number of carbonyl (C=O) groups is 4. The first-order valence-corrected chi connectivity index (χ1v) is 10.6. The Labute approximate surface area is 193 Å². The van der Waals surface area contributed by atoms with E-state index >= 15 is 0 Å². The molecule has 0 spiro atoms. The van der Waals surface area contributed by atoms with Crippen LogP contribution < -0.4 is 14.8 Å². The minimum absolute atomic E-state index is 0.0793. The minimum atomic E-state index is -1.31. The van der Waals surface area contributed by atoms with Crippen molar-refractivity contribution in [3.05, 3.63) is 59.7 Å². The molecular formula is C22H21NO9S. The van der Waals surface area contributed by atoms with Gasteiger partial charge in [0.2, 0.25) is 5.91 Å². The minimum Gasteiger partial charge on any atom is -0.497 e. The lowest BCUT2D eigenvalue weighted by Gasteiger charge is -2.19. The zero-order chi connectivity index (χ0) is 23.8. The Balaban J connectivity index is 1.64. The smallest absolute Gasteiger partial charge is 0.497 e. The third-order valence-corrected chi connectivity index (χ3v) is 5.51. The Bertz CT molecular complexity index is 1020. The van der Waals surface area contributed by atoms with Gasteiger partial charge in [-0.2, -0.15) is 0 Å². The second-order valence-corrected chi connectivity index (χ2v) is 8.03. The molecule has 3 rings (SSSR count). The van der Waals surface area contributed by atoms with Gasteiger partial charge in [0.1, 0.15) is 18.1 Å². The zero-order valence-corrected chi connectivity index (χ0v) is 18.3. The van der Waals surface area contributed by atoms with Crippen molar-refractivity contribution in [2.45, 2.75) is 17.8 Å². The fourth-order valence-electron chi connectivity index (χ4n) is 2.95. The third-order valence-electron chi connectivity index (χ3n) is 4.53. The summed E-state index contributed by atoms with van der Waals surface area (Å²) in [6.07, 6.45) is -1.65. The van der Waals surface area contributed by atoms with Crippen molar-refractivity contribution in [1.29, 1.82) is 0 Å². The zero-order valence-electron chi connectivity index (χ0n) is 17.5. The van der Waals surface area contributed by atoms with E-state index in [0.717, 1.165) is 17.3 Å². The predicted octanol–water partition coefficient (Wildman–Crippen LogP) is 2.95. The first-order chi connectivity index (χ1) is 15.8. The molecule has 0 radical (unpaired) electrons. The molecule has 2 aromatic rings. The summed E-state index contributed by atoms with van der Waals surface area (Å²) in [5.74, 6) is -0.595. The summed E-state index contributed by atoms with van der Waals surface area (Å²) in [7, 11) is 1.50. The van der Waals surface area contributed by atoms with Gasteiger partial charge in [0.15, 0.2) is 12.7 Å². The molecule has 1 unspecified atom stereocenters. The Kier molecular flexibility index (Phi) is 8.14. The number of carbonyl (C=O) groups excluding carboxylic acids is 3. The number of hydrogen-bond acceptors (Lipinski definition) is 9. The number of amides is 2. The van der Waals surface area contributed by atoms with Crippen LogP contribution in [0.5, 0.6) is 11.5 Å². The van der Waals surface area contributed by atoms with Gasteiger partial charge >= 0.3 is 12.1 Å². The highest BCUT2D eigenvalue weighted by Gasteiger charge is 2.31. The second kappa shape index (κ2) is 11.2. The van der Waals surface area contributed by atoms with Crippen molar-refractivity contribution in [3.63, 3.8) is 0 Å². The number of benzene rings is 2. The van der Waals surface area contributed by atoms with Crippen LogP contribution in [-0.2, 0) is 25.5 Å². The van der Waals surface area contributed by atoms with E-state index in [1.165, 1.54) is 7.11 Å². The third kappa shape index (κ3) is 7.14. The first-order valence-electron chi connectivity index (χ1n) is 9.76. The lowest BCUT2D eigenvalue weighted by Crippen LogP contribution is -2.25. The molecule has 1 saturated heterocycles. The van der Waals surface area contributed by atoms with Crippen LogP contribution in [0.4, 0.5) is 9.59 Å². The van der Waals surface area contributed by atoms with E-state index in [0.29, 0.717) is 23.5 Å². The number of imide groups is 1. The predicted molar refractivity (Wildman–Crippen MR) is 116 cm³/mol. The summed E-state index contributed by atoms with van der Waals surface area (Å²) in [4.78, 5) is 45.5. The van der Waals surface area contributed by atoms with Crippen LogP contribution in [0.15, 0.2) is 48.5 Å². The lowest BCUT2D eigenvalue weighted by atomic mass is 10.1. The average Bonchev–Trinajstić information content (AvgIpc) is 3.12. The topological polar surface area (TPSA) is 137 Å².